The van der Waals surface area contributed by atoms with E-state index in [4.69, 9.17) is 4.74 Å². The highest BCUT2D eigenvalue weighted by atomic mass is 32.1. The van der Waals surface area contributed by atoms with Gasteiger partial charge in [-0.3, -0.25) is 9.59 Å². The fourth-order valence-electron chi connectivity index (χ4n) is 3.04. The van der Waals surface area contributed by atoms with E-state index in [1.807, 2.05) is 0 Å². The predicted molar refractivity (Wildman–Crippen MR) is 85.5 cm³/mol. The van der Waals surface area contributed by atoms with Gasteiger partial charge in [-0.25, -0.2) is 4.98 Å². The number of nitrogens with zero attached hydrogens (tertiary/aromatic N) is 3. The number of esters is 1. The Morgan fingerprint density at radius 2 is 2.04 bits per heavy atom. The Morgan fingerprint density at radius 1 is 1.26 bits per heavy atom. The van der Waals surface area contributed by atoms with Crippen molar-refractivity contribution in [2.45, 2.75) is 57.5 Å². The summed E-state index contributed by atoms with van der Waals surface area (Å²) >= 11 is 1.46. The van der Waals surface area contributed by atoms with Crippen molar-refractivity contribution in [3.05, 3.63) is 27.1 Å². The number of ether oxygens (including phenoxy) is 1. The number of hydrogen-bond acceptors (Lipinski definition) is 6. The highest BCUT2D eigenvalue weighted by molar-refractivity contribution is 7.16. The zero-order valence-electron chi connectivity index (χ0n) is 12.9. The van der Waals surface area contributed by atoms with Crippen molar-refractivity contribution < 1.29 is 9.53 Å². The van der Waals surface area contributed by atoms with Crippen molar-refractivity contribution in [1.82, 2.24) is 14.6 Å². The molecule has 0 bridgehead atoms. The molecule has 4 rings (SSSR count). The minimum absolute atomic E-state index is 0.0125. The lowest BCUT2D eigenvalue weighted by molar-refractivity contribution is -0.151. The van der Waals surface area contributed by atoms with E-state index in [1.54, 1.807) is 0 Å². The topological polar surface area (TPSA) is 73.6 Å². The molecule has 0 saturated heterocycles. The van der Waals surface area contributed by atoms with Gasteiger partial charge >= 0.3 is 5.97 Å². The molecular weight excluding hydrogens is 314 g/mol. The Labute approximate surface area is 137 Å². The van der Waals surface area contributed by atoms with Crippen molar-refractivity contribution in [1.29, 1.82) is 0 Å². The van der Waals surface area contributed by atoms with E-state index < -0.39 is 0 Å². The molecule has 2 aromatic rings. The Hall–Kier alpha value is -1.76. The van der Waals surface area contributed by atoms with Gasteiger partial charge in [0.15, 0.2) is 0 Å². The van der Waals surface area contributed by atoms with Gasteiger partial charge in [0.25, 0.3) is 5.56 Å². The summed E-state index contributed by atoms with van der Waals surface area (Å²) in [5, 5.41) is 5.31. The van der Waals surface area contributed by atoms with E-state index in [-0.39, 0.29) is 24.1 Å². The van der Waals surface area contributed by atoms with Gasteiger partial charge in [-0.1, -0.05) is 30.6 Å². The second kappa shape index (κ2) is 6.03. The fraction of sp³-hybridized carbons (Fsp3) is 0.625. The molecule has 0 aliphatic heterocycles. The van der Waals surface area contributed by atoms with Crippen molar-refractivity contribution in [3.8, 4) is 0 Å². The summed E-state index contributed by atoms with van der Waals surface area (Å²) in [5.74, 6) is 0.349. The van der Waals surface area contributed by atoms with Crippen LogP contribution in [0.3, 0.4) is 0 Å². The number of carbonyl (C=O) groups is 1. The third-order valence-electron chi connectivity index (χ3n) is 4.54. The molecule has 2 aliphatic rings. The lowest BCUT2D eigenvalue weighted by Gasteiger charge is -2.19. The van der Waals surface area contributed by atoms with Crippen LogP contribution < -0.4 is 5.56 Å². The molecule has 2 aliphatic carbocycles. The summed E-state index contributed by atoms with van der Waals surface area (Å²) in [5.41, 5.74) is 0.298. The standard InChI is InChI=1S/C16H19N3O3S/c20-13-8-12(9-22-15(21)11-4-2-1-3-5-11)17-16-19(13)18-14(23-16)10-6-7-10/h8,10-11H,1-7,9H2. The monoisotopic (exact) mass is 333 g/mol. The van der Waals surface area contributed by atoms with Crippen molar-refractivity contribution in [3.63, 3.8) is 0 Å². The van der Waals surface area contributed by atoms with Crippen LogP contribution in [0.5, 0.6) is 0 Å². The molecule has 2 aromatic heterocycles. The van der Waals surface area contributed by atoms with E-state index in [0.717, 1.165) is 43.5 Å². The van der Waals surface area contributed by atoms with Gasteiger partial charge in [-0.15, -0.1) is 0 Å². The third-order valence-corrected chi connectivity index (χ3v) is 5.61. The van der Waals surface area contributed by atoms with E-state index in [2.05, 4.69) is 10.1 Å². The molecule has 7 heteroatoms. The number of aromatic nitrogens is 3. The van der Waals surface area contributed by atoms with Crippen LogP contribution in [0.15, 0.2) is 10.9 Å². The van der Waals surface area contributed by atoms with Gasteiger partial charge in [-0.2, -0.15) is 9.61 Å². The van der Waals surface area contributed by atoms with Gasteiger partial charge in [-0.05, 0) is 25.7 Å². The Bertz CT molecular complexity index is 787. The Balaban J connectivity index is 1.48. The molecule has 0 N–H and O–H groups in total. The molecule has 2 fully saturated rings. The van der Waals surface area contributed by atoms with Crippen LogP contribution in [0.4, 0.5) is 0 Å². The fourth-order valence-corrected chi connectivity index (χ4v) is 4.13. The van der Waals surface area contributed by atoms with E-state index >= 15 is 0 Å². The average Bonchev–Trinajstić information content (AvgIpc) is 3.33. The minimum atomic E-state index is -0.207. The van der Waals surface area contributed by atoms with Crippen LogP contribution in [-0.4, -0.2) is 20.6 Å². The Morgan fingerprint density at radius 3 is 2.78 bits per heavy atom. The normalized spacial score (nSPS) is 19.1. The van der Waals surface area contributed by atoms with Crippen molar-refractivity contribution >= 4 is 22.3 Å². The first kappa shape index (κ1) is 14.8. The van der Waals surface area contributed by atoms with Crippen LogP contribution in [-0.2, 0) is 16.1 Å². The SMILES string of the molecule is O=C(OCc1cc(=O)n2nc(C3CC3)sc2n1)C1CCCCC1. The summed E-state index contributed by atoms with van der Waals surface area (Å²) in [4.78, 5) is 29.2. The molecule has 6 nitrogen and oxygen atoms in total. The largest absolute Gasteiger partial charge is 0.459 e. The van der Waals surface area contributed by atoms with Crippen LogP contribution in [0.1, 0.15) is 61.6 Å². The van der Waals surface area contributed by atoms with Crippen molar-refractivity contribution in [2.75, 3.05) is 0 Å². The van der Waals surface area contributed by atoms with Crippen molar-refractivity contribution in [2.24, 2.45) is 5.92 Å². The molecule has 2 heterocycles. The second-order valence-electron chi connectivity index (χ2n) is 6.44. The molecule has 2 saturated carbocycles. The number of rotatable bonds is 4. The van der Waals surface area contributed by atoms with E-state index in [0.29, 0.717) is 16.6 Å². The highest BCUT2D eigenvalue weighted by Crippen LogP contribution is 2.41. The maximum atomic E-state index is 12.1. The van der Waals surface area contributed by atoms with Gasteiger partial charge in [0, 0.05) is 12.0 Å². The van der Waals surface area contributed by atoms with Crippen LogP contribution in [0.25, 0.3) is 4.96 Å². The Kier molecular flexibility index (Phi) is 3.88. The van der Waals surface area contributed by atoms with Crippen LogP contribution in [0.2, 0.25) is 0 Å². The molecular formula is C16H19N3O3S. The first-order valence-electron chi connectivity index (χ1n) is 8.27. The molecule has 0 unspecified atom stereocenters. The van der Waals surface area contributed by atoms with Gasteiger partial charge in [0.1, 0.15) is 11.6 Å². The molecule has 0 amide bonds. The summed E-state index contributed by atoms with van der Waals surface area (Å²) in [6.07, 6.45) is 7.49. The van der Waals surface area contributed by atoms with Gasteiger partial charge in [0.05, 0.1) is 11.6 Å². The summed E-state index contributed by atoms with van der Waals surface area (Å²) < 4.78 is 6.72. The lowest BCUT2D eigenvalue weighted by Crippen LogP contribution is -2.21. The summed E-state index contributed by atoms with van der Waals surface area (Å²) in [7, 11) is 0. The quantitative estimate of drug-likeness (QED) is 0.804. The maximum absolute atomic E-state index is 12.1. The molecule has 0 radical (unpaired) electrons. The van der Waals surface area contributed by atoms with Crippen LogP contribution >= 0.6 is 11.3 Å². The molecule has 0 atom stereocenters. The van der Waals surface area contributed by atoms with Gasteiger partial charge in [0.2, 0.25) is 4.96 Å². The first-order valence-corrected chi connectivity index (χ1v) is 9.09. The zero-order valence-corrected chi connectivity index (χ0v) is 13.7. The smallest absolute Gasteiger partial charge is 0.309 e. The van der Waals surface area contributed by atoms with E-state index in [1.165, 1.54) is 28.3 Å². The molecule has 23 heavy (non-hydrogen) atoms. The average molecular weight is 333 g/mol. The summed E-state index contributed by atoms with van der Waals surface area (Å²) in [6, 6.07) is 1.41. The minimum Gasteiger partial charge on any atom is -0.459 e. The lowest BCUT2D eigenvalue weighted by atomic mass is 9.89. The second-order valence-corrected chi connectivity index (χ2v) is 7.42. The summed E-state index contributed by atoms with van der Waals surface area (Å²) in [6.45, 7) is 0.0672. The first-order chi connectivity index (χ1) is 11.2. The zero-order chi connectivity index (χ0) is 15.8. The van der Waals surface area contributed by atoms with E-state index in [9.17, 15) is 9.59 Å². The maximum Gasteiger partial charge on any atom is 0.309 e. The number of carbonyl (C=O) groups excluding carboxylic acids is 1. The highest BCUT2D eigenvalue weighted by Gasteiger charge is 2.28. The molecule has 0 aromatic carbocycles. The van der Waals surface area contributed by atoms with Gasteiger partial charge < -0.3 is 4.74 Å². The van der Waals surface area contributed by atoms with Crippen LogP contribution in [0, 0.1) is 5.92 Å². The number of fused-ring (bicyclic) bond motifs is 1. The molecule has 0 spiro atoms. The number of hydrogen-bond donors (Lipinski definition) is 0. The third kappa shape index (κ3) is 3.15. The molecule has 122 valence electrons. The predicted octanol–water partition coefficient (Wildman–Crippen LogP) is 2.65.